The Morgan fingerprint density at radius 2 is 2.26 bits per heavy atom. The van der Waals surface area contributed by atoms with Crippen molar-refractivity contribution in [1.29, 1.82) is 0 Å². The van der Waals surface area contributed by atoms with E-state index in [9.17, 15) is 0 Å². The molecule has 2 aromatic rings. The van der Waals surface area contributed by atoms with Gasteiger partial charge in [0, 0.05) is 30.6 Å². The highest BCUT2D eigenvalue weighted by Crippen LogP contribution is 2.23. The van der Waals surface area contributed by atoms with Crippen LogP contribution in [-0.2, 0) is 13.6 Å². The molecule has 0 fully saturated rings. The minimum atomic E-state index is 0.353. The van der Waals surface area contributed by atoms with E-state index < -0.39 is 0 Å². The van der Waals surface area contributed by atoms with Crippen LogP contribution in [0.15, 0.2) is 30.5 Å². The number of hydrogen-bond acceptors (Lipinski definition) is 4. The number of thiocarbonyl (C=S) groups is 1. The van der Waals surface area contributed by atoms with Crippen LogP contribution in [0, 0.1) is 0 Å². The Hall–Kier alpha value is -2.08. The predicted molar refractivity (Wildman–Crippen MR) is 79.4 cm³/mol. The first kappa shape index (κ1) is 13.4. The summed E-state index contributed by atoms with van der Waals surface area (Å²) in [4.78, 5) is 0.353. The zero-order valence-corrected chi connectivity index (χ0v) is 11.7. The van der Waals surface area contributed by atoms with Crippen molar-refractivity contribution in [2.24, 2.45) is 12.8 Å². The van der Waals surface area contributed by atoms with E-state index in [4.69, 9.17) is 22.7 Å². The minimum absolute atomic E-state index is 0.353. The van der Waals surface area contributed by atoms with Crippen molar-refractivity contribution < 1.29 is 4.74 Å². The average molecular weight is 276 g/mol. The molecule has 5 nitrogen and oxygen atoms in total. The van der Waals surface area contributed by atoms with Gasteiger partial charge in [-0.15, -0.1) is 0 Å². The monoisotopic (exact) mass is 276 g/mol. The van der Waals surface area contributed by atoms with Gasteiger partial charge in [-0.1, -0.05) is 12.2 Å². The second-order valence-electron chi connectivity index (χ2n) is 4.11. The van der Waals surface area contributed by atoms with Crippen molar-refractivity contribution in [3.05, 3.63) is 41.7 Å². The number of aromatic nitrogens is 2. The summed E-state index contributed by atoms with van der Waals surface area (Å²) in [6, 6.07) is 7.51. The van der Waals surface area contributed by atoms with Crippen LogP contribution in [0.3, 0.4) is 0 Å². The first-order chi connectivity index (χ1) is 9.10. The zero-order chi connectivity index (χ0) is 13.8. The summed E-state index contributed by atoms with van der Waals surface area (Å²) >= 11 is 5.04. The summed E-state index contributed by atoms with van der Waals surface area (Å²) in [7, 11) is 3.51. The molecule has 0 spiro atoms. The second-order valence-corrected chi connectivity index (χ2v) is 4.55. The number of ether oxygens (including phenoxy) is 1. The van der Waals surface area contributed by atoms with Gasteiger partial charge in [0.25, 0.3) is 0 Å². The smallest absolute Gasteiger partial charge is 0.120 e. The van der Waals surface area contributed by atoms with Gasteiger partial charge in [-0.25, -0.2) is 0 Å². The molecule has 0 aliphatic carbocycles. The lowest BCUT2D eigenvalue weighted by molar-refractivity contribution is 0.415. The molecule has 0 radical (unpaired) electrons. The van der Waals surface area contributed by atoms with Gasteiger partial charge in [0.2, 0.25) is 0 Å². The third-order valence-corrected chi connectivity index (χ3v) is 2.94. The van der Waals surface area contributed by atoms with Crippen LogP contribution in [0.4, 0.5) is 5.69 Å². The van der Waals surface area contributed by atoms with E-state index in [1.54, 1.807) is 11.8 Å². The van der Waals surface area contributed by atoms with Gasteiger partial charge in [-0.2, -0.15) is 5.10 Å². The Kier molecular flexibility index (Phi) is 4.01. The van der Waals surface area contributed by atoms with Gasteiger partial charge in [-0.3, -0.25) is 4.68 Å². The van der Waals surface area contributed by atoms with E-state index in [0.29, 0.717) is 11.5 Å². The van der Waals surface area contributed by atoms with E-state index in [1.807, 2.05) is 37.5 Å². The molecule has 100 valence electrons. The Morgan fingerprint density at radius 3 is 2.84 bits per heavy atom. The second kappa shape index (κ2) is 5.71. The summed E-state index contributed by atoms with van der Waals surface area (Å²) in [5, 5.41) is 7.58. The molecule has 2 rings (SSSR count). The summed E-state index contributed by atoms with van der Waals surface area (Å²) in [5.41, 5.74) is 8.30. The number of nitrogens with two attached hydrogens (primary N) is 1. The molecule has 0 atom stereocenters. The number of methoxy groups -OCH3 is 1. The van der Waals surface area contributed by atoms with Crippen LogP contribution in [-0.4, -0.2) is 21.9 Å². The third kappa shape index (κ3) is 3.23. The number of hydrogen-bond donors (Lipinski definition) is 2. The number of anilines is 1. The topological polar surface area (TPSA) is 65.1 Å². The fourth-order valence-corrected chi connectivity index (χ4v) is 1.93. The fraction of sp³-hybridized carbons (Fsp3) is 0.231. The molecular weight excluding hydrogens is 260 g/mol. The maximum absolute atomic E-state index is 5.71. The van der Waals surface area contributed by atoms with Crippen molar-refractivity contribution in [3.8, 4) is 5.75 Å². The number of benzene rings is 1. The first-order valence-electron chi connectivity index (χ1n) is 5.80. The minimum Gasteiger partial charge on any atom is -0.497 e. The molecule has 0 saturated carbocycles. The normalized spacial score (nSPS) is 10.2. The molecule has 19 heavy (non-hydrogen) atoms. The molecule has 0 aliphatic heterocycles. The largest absolute Gasteiger partial charge is 0.497 e. The van der Waals surface area contributed by atoms with Gasteiger partial charge >= 0.3 is 0 Å². The molecule has 1 aromatic carbocycles. The maximum Gasteiger partial charge on any atom is 0.120 e. The number of rotatable bonds is 5. The van der Waals surface area contributed by atoms with Crippen LogP contribution < -0.4 is 15.8 Å². The summed E-state index contributed by atoms with van der Waals surface area (Å²) in [6.07, 6.45) is 1.90. The predicted octanol–water partition coefficient (Wildman–Crippen LogP) is 1.68. The van der Waals surface area contributed by atoms with Crippen LogP contribution in [0.2, 0.25) is 0 Å². The molecule has 0 unspecified atom stereocenters. The lowest BCUT2D eigenvalue weighted by atomic mass is 10.1. The van der Waals surface area contributed by atoms with Crippen molar-refractivity contribution in [1.82, 2.24) is 9.78 Å². The van der Waals surface area contributed by atoms with E-state index >= 15 is 0 Å². The van der Waals surface area contributed by atoms with Crippen molar-refractivity contribution >= 4 is 22.9 Å². The molecule has 1 aromatic heterocycles. The molecular formula is C13H16N4OS. The highest BCUT2D eigenvalue weighted by Gasteiger charge is 2.07. The number of nitrogens with zero attached hydrogens (tertiary/aromatic N) is 2. The highest BCUT2D eigenvalue weighted by atomic mass is 32.1. The Morgan fingerprint density at radius 1 is 1.47 bits per heavy atom. The lowest BCUT2D eigenvalue weighted by Crippen LogP contribution is -2.13. The number of aryl methyl sites for hydroxylation is 1. The van der Waals surface area contributed by atoms with Crippen LogP contribution in [0.1, 0.15) is 11.3 Å². The van der Waals surface area contributed by atoms with Crippen LogP contribution >= 0.6 is 12.2 Å². The fourth-order valence-electron chi connectivity index (χ4n) is 1.75. The molecule has 6 heteroatoms. The molecule has 0 aliphatic rings. The maximum atomic E-state index is 5.71. The zero-order valence-electron chi connectivity index (χ0n) is 10.9. The van der Waals surface area contributed by atoms with Gasteiger partial charge in [0.1, 0.15) is 10.7 Å². The van der Waals surface area contributed by atoms with Crippen molar-refractivity contribution in [2.75, 3.05) is 12.4 Å². The number of nitrogens with one attached hydrogen (secondary N) is 1. The standard InChI is InChI=1S/C13H16N4OS/c1-17-6-5-9(16-17)8-15-12-7-10(18-2)3-4-11(12)13(14)19/h3-7,15H,8H2,1-2H3,(H2,14,19). The highest BCUT2D eigenvalue weighted by molar-refractivity contribution is 7.80. The van der Waals surface area contributed by atoms with Crippen molar-refractivity contribution in [2.45, 2.75) is 6.54 Å². The summed E-state index contributed by atoms with van der Waals surface area (Å²) in [6.45, 7) is 0.601. The Labute approximate surface area is 117 Å². The van der Waals surface area contributed by atoms with Gasteiger partial charge in [-0.05, 0) is 18.2 Å². The van der Waals surface area contributed by atoms with E-state index in [1.165, 1.54) is 0 Å². The van der Waals surface area contributed by atoms with Crippen molar-refractivity contribution in [3.63, 3.8) is 0 Å². The Bertz CT molecular complexity index is 594. The van der Waals surface area contributed by atoms with E-state index in [-0.39, 0.29) is 0 Å². The van der Waals surface area contributed by atoms with Gasteiger partial charge in [0.05, 0.1) is 19.3 Å². The first-order valence-corrected chi connectivity index (χ1v) is 6.21. The molecule has 0 amide bonds. The molecule has 0 bridgehead atoms. The van der Waals surface area contributed by atoms with E-state index in [2.05, 4.69) is 10.4 Å². The summed E-state index contributed by atoms with van der Waals surface area (Å²) in [5.74, 6) is 0.753. The third-order valence-electron chi connectivity index (χ3n) is 2.72. The quantitative estimate of drug-likeness (QED) is 0.813. The lowest BCUT2D eigenvalue weighted by Gasteiger charge is -2.12. The summed E-state index contributed by atoms with van der Waals surface area (Å²) < 4.78 is 6.96. The van der Waals surface area contributed by atoms with Gasteiger partial charge < -0.3 is 15.8 Å². The molecule has 1 heterocycles. The average Bonchev–Trinajstić information content (AvgIpc) is 2.81. The Balaban J connectivity index is 2.19. The van der Waals surface area contributed by atoms with Gasteiger partial charge in [0.15, 0.2) is 0 Å². The molecule has 0 saturated heterocycles. The molecule has 3 N–H and O–H groups in total. The SMILES string of the molecule is COc1ccc(C(N)=S)c(NCc2ccn(C)n2)c1. The van der Waals surface area contributed by atoms with E-state index in [0.717, 1.165) is 22.7 Å². The van der Waals surface area contributed by atoms with Crippen LogP contribution in [0.25, 0.3) is 0 Å². The van der Waals surface area contributed by atoms with Crippen LogP contribution in [0.5, 0.6) is 5.75 Å².